The normalized spacial score (nSPS) is 26.1. The van der Waals surface area contributed by atoms with Gasteiger partial charge in [-0.1, -0.05) is 44.1 Å². The van der Waals surface area contributed by atoms with Crippen LogP contribution >= 0.6 is 0 Å². The van der Waals surface area contributed by atoms with Crippen LogP contribution in [-0.4, -0.2) is 26.4 Å². The van der Waals surface area contributed by atoms with Gasteiger partial charge in [0.05, 0.1) is 0 Å². The van der Waals surface area contributed by atoms with Crippen LogP contribution in [-0.2, 0) is 0 Å². The van der Waals surface area contributed by atoms with Gasteiger partial charge in [-0.3, -0.25) is 0 Å². The number of aryl methyl sites for hydroxylation is 1. The number of nitrogens with one attached hydrogen (secondary N) is 2. The standard InChI is InChI=1S/C24H30N6/c1-14-7-8-20-18(10-14)21-22(26-20)27-23(30-28-21)29-25-13-17-12-19-16(11-15(17)2)6-5-9-24(19,3)4/h6-8,10,13,15,17,19H,5,9,11-12H2,1-4H3,(H2,26,27,29,30). The van der Waals surface area contributed by atoms with Gasteiger partial charge in [0.15, 0.2) is 5.65 Å². The number of nitrogens with zero attached hydrogens (tertiary/aromatic N) is 4. The minimum atomic E-state index is 0.385. The Morgan fingerprint density at radius 1 is 1.27 bits per heavy atom. The number of aromatic nitrogens is 4. The van der Waals surface area contributed by atoms with Crippen molar-refractivity contribution in [3.63, 3.8) is 0 Å². The van der Waals surface area contributed by atoms with Gasteiger partial charge in [-0.2, -0.15) is 10.1 Å². The molecule has 2 heterocycles. The molecule has 2 N–H and O–H groups in total. The molecule has 1 fully saturated rings. The Hall–Kier alpha value is -2.76. The zero-order valence-electron chi connectivity index (χ0n) is 18.2. The lowest BCUT2D eigenvalue weighted by atomic mass is 9.59. The number of hydrogen-bond donors (Lipinski definition) is 2. The van der Waals surface area contributed by atoms with Crippen LogP contribution in [0.1, 0.15) is 52.0 Å². The fraction of sp³-hybridized carbons (Fsp3) is 0.500. The van der Waals surface area contributed by atoms with Gasteiger partial charge in [0.2, 0.25) is 0 Å². The fourth-order valence-corrected chi connectivity index (χ4v) is 5.30. The molecule has 0 radical (unpaired) electrons. The molecule has 0 aliphatic heterocycles. The van der Waals surface area contributed by atoms with Gasteiger partial charge in [0.25, 0.3) is 5.95 Å². The predicted molar refractivity (Wildman–Crippen MR) is 123 cm³/mol. The molecule has 1 saturated carbocycles. The second kappa shape index (κ2) is 7.18. The highest BCUT2D eigenvalue weighted by molar-refractivity contribution is 6.03. The third-order valence-corrected chi connectivity index (χ3v) is 7.18. The number of rotatable bonds is 3. The minimum absolute atomic E-state index is 0.385. The lowest BCUT2D eigenvalue weighted by Gasteiger charge is -2.46. The summed E-state index contributed by atoms with van der Waals surface area (Å²) in [5, 5.41) is 14.2. The zero-order chi connectivity index (χ0) is 20.9. The summed E-state index contributed by atoms with van der Waals surface area (Å²) >= 11 is 0. The first-order valence-electron chi connectivity index (χ1n) is 11.0. The smallest absolute Gasteiger partial charge is 0.265 e. The van der Waals surface area contributed by atoms with E-state index in [1.807, 2.05) is 0 Å². The Balaban J connectivity index is 1.33. The van der Waals surface area contributed by atoms with Crippen LogP contribution in [0.15, 0.2) is 34.9 Å². The van der Waals surface area contributed by atoms with E-state index in [1.165, 1.54) is 31.2 Å². The molecule has 2 aliphatic rings. The molecule has 2 aromatic heterocycles. The molecular formula is C24H30N6. The Morgan fingerprint density at radius 3 is 3.00 bits per heavy atom. The Kier molecular flexibility index (Phi) is 4.60. The van der Waals surface area contributed by atoms with Crippen molar-refractivity contribution in [3.05, 3.63) is 35.4 Å². The predicted octanol–water partition coefficient (Wildman–Crippen LogP) is 5.62. The van der Waals surface area contributed by atoms with E-state index in [9.17, 15) is 0 Å². The van der Waals surface area contributed by atoms with Crippen molar-refractivity contribution in [3.8, 4) is 0 Å². The largest absolute Gasteiger partial charge is 0.338 e. The SMILES string of the molecule is Cc1ccc2[nH]c3nc(NN=CC4CC5C(=CCCC5(C)C)CC4C)nnc3c2c1. The number of H-pyrrole nitrogens is 1. The van der Waals surface area contributed by atoms with Crippen LogP contribution in [0.25, 0.3) is 22.1 Å². The summed E-state index contributed by atoms with van der Waals surface area (Å²) in [4.78, 5) is 7.89. The first-order valence-corrected chi connectivity index (χ1v) is 11.0. The molecule has 3 unspecified atom stereocenters. The highest BCUT2D eigenvalue weighted by atomic mass is 15.4. The maximum absolute atomic E-state index is 4.57. The van der Waals surface area contributed by atoms with Crippen molar-refractivity contribution in [1.82, 2.24) is 20.2 Å². The molecule has 0 saturated heterocycles. The highest BCUT2D eigenvalue weighted by Gasteiger charge is 2.40. The van der Waals surface area contributed by atoms with Crippen LogP contribution in [0.5, 0.6) is 0 Å². The van der Waals surface area contributed by atoms with Crippen molar-refractivity contribution < 1.29 is 0 Å². The minimum Gasteiger partial charge on any atom is -0.338 e. The summed E-state index contributed by atoms with van der Waals surface area (Å²) < 4.78 is 0. The monoisotopic (exact) mass is 402 g/mol. The molecule has 156 valence electrons. The number of anilines is 1. The van der Waals surface area contributed by atoms with E-state index in [2.05, 4.69) is 88.9 Å². The third kappa shape index (κ3) is 3.38. The van der Waals surface area contributed by atoms with Gasteiger partial charge in [0.1, 0.15) is 5.52 Å². The molecular weight excluding hydrogens is 372 g/mol. The van der Waals surface area contributed by atoms with Crippen LogP contribution < -0.4 is 5.43 Å². The van der Waals surface area contributed by atoms with E-state index < -0.39 is 0 Å². The first kappa shape index (κ1) is 19.2. The van der Waals surface area contributed by atoms with Crippen molar-refractivity contribution in [1.29, 1.82) is 0 Å². The van der Waals surface area contributed by atoms with E-state index in [-0.39, 0.29) is 0 Å². The number of hydrazone groups is 1. The Morgan fingerprint density at radius 2 is 2.13 bits per heavy atom. The number of hydrogen-bond acceptors (Lipinski definition) is 5. The van der Waals surface area contributed by atoms with Gasteiger partial charge in [-0.15, -0.1) is 10.2 Å². The summed E-state index contributed by atoms with van der Waals surface area (Å²) in [6.45, 7) is 9.25. The molecule has 0 spiro atoms. The lowest BCUT2D eigenvalue weighted by molar-refractivity contribution is 0.149. The van der Waals surface area contributed by atoms with E-state index in [4.69, 9.17) is 0 Å². The van der Waals surface area contributed by atoms with Gasteiger partial charge < -0.3 is 4.98 Å². The van der Waals surface area contributed by atoms with Crippen molar-refractivity contribution >= 4 is 34.2 Å². The summed E-state index contributed by atoms with van der Waals surface area (Å²) in [5.41, 5.74) is 8.80. The molecule has 5 rings (SSSR count). The van der Waals surface area contributed by atoms with Gasteiger partial charge in [-0.25, -0.2) is 5.43 Å². The van der Waals surface area contributed by atoms with Gasteiger partial charge >= 0.3 is 0 Å². The topological polar surface area (TPSA) is 78.9 Å². The second-order valence-electron chi connectivity index (χ2n) is 9.84. The van der Waals surface area contributed by atoms with Gasteiger partial charge in [-0.05, 0) is 67.9 Å². The highest BCUT2D eigenvalue weighted by Crippen LogP contribution is 2.50. The number of fused-ring (bicyclic) bond motifs is 4. The van der Waals surface area contributed by atoms with E-state index >= 15 is 0 Å². The maximum Gasteiger partial charge on any atom is 0.265 e. The zero-order valence-corrected chi connectivity index (χ0v) is 18.2. The van der Waals surface area contributed by atoms with Crippen LogP contribution in [0, 0.1) is 30.1 Å². The van der Waals surface area contributed by atoms with Crippen molar-refractivity contribution in [2.45, 2.75) is 53.4 Å². The molecule has 3 atom stereocenters. The molecule has 0 bridgehead atoms. The summed E-state index contributed by atoms with van der Waals surface area (Å²) in [6.07, 6.45) is 9.42. The summed E-state index contributed by atoms with van der Waals surface area (Å²) in [6, 6.07) is 6.24. The molecule has 6 nitrogen and oxygen atoms in total. The average molecular weight is 403 g/mol. The quantitative estimate of drug-likeness (QED) is 0.338. The van der Waals surface area contributed by atoms with E-state index in [1.54, 1.807) is 5.57 Å². The number of allylic oxidation sites excluding steroid dienone is 2. The van der Waals surface area contributed by atoms with Crippen molar-refractivity contribution in [2.24, 2.45) is 28.3 Å². The summed E-state index contributed by atoms with van der Waals surface area (Å²) in [7, 11) is 0. The summed E-state index contributed by atoms with van der Waals surface area (Å²) in [5.74, 6) is 2.15. The molecule has 6 heteroatoms. The van der Waals surface area contributed by atoms with Crippen LogP contribution in [0.4, 0.5) is 5.95 Å². The molecule has 30 heavy (non-hydrogen) atoms. The average Bonchev–Trinajstić information content (AvgIpc) is 3.05. The Bertz CT molecular complexity index is 1160. The molecule has 0 amide bonds. The number of aromatic amines is 1. The van der Waals surface area contributed by atoms with Crippen LogP contribution in [0.3, 0.4) is 0 Å². The fourth-order valence-electron chi connectivity index (χ4n) is 5.30. The molecule has 2 aliphatic carbocycles. The Labute approximate surface area is 177 Å². The second-order valence-corrected chi connectivity index (χ2v) is 9.84. The van der Waals surface area contributed by atoms with E-state index in [0.717, 1.165) is 22.1 Å². The van der Waals surface area contributed by atoms with E-state index in [0.29, 0.717) is 29.1 Å². The lowest BCUT2D eigenvalue weighted by Crippen LogP contribution is -2.36. The van der Waals surface area contributed by atoms with Gasteiger partial charge in [0, 0.05) is 17.1 Å². The van der Waals surface area contributed by atoms with Crippen LogP contribution in [0.2, 0.25) is 0 Å². The first-order chi connectivity index (χ1) is 14.4. The third-order valence-electron chi connectivity index (χ3n) is 7.18. The molecule has 3 aromatic rings. The molecule has 1 aromatic carbocycles. The van der Waals surface area contributed by atoms with Crippen molar-refractivity contribution in [2.75, 3.05) is 5.43 Å². The number of benzene rings is 1. The maximum atomic E-state index is 4.57.